The van der Waals surface area contributed by atoms with E-state index in [-0.39, 0.29) is 0 Å². The maximum Gasteiger partial charge on any atom is 0.0351 e. The van der Waals surface area contributed by atoms with Crippen LogP contribution in [-0.2, 0) is 6.54 Å². The van der Waals surface area contributed by atoms with Crippen molar-refractivity contribution in [3.8, 4) is 0 Å². The van der Waals surface area contributed by atoms with E-state index in [9.17, 15) is 0 Å². The first-order valence-electron chi connectivity index (χ1n) is 6.01. The quantitative estimate of drug-likeness (QED) is 0.684. The van der Waals surface area contributed by atoms with Gasteiger partial charge in [0.15, 0.2) is 0 Å². The molecule has 0 atom stereocenters. The summed E-state index contributed by atoms with van der Waals surface area (Å²) in [6.07, 6.45) is 1.18. The van der Waals surface area contributed by atoms with Crippen molar-refractivity contribution in [3.63, 3.8) is 0 Å². The van der Waals surface area contributed by atoms with E-state index in [0.717, 1.165) is 19.6 Å². The number of aryl methyl sites for hydroxylation is 2. The molecule has 0 aliphatic carbocycles. The molecule has 2 heteroatoms. The Morgan fingerprint density at radius 1 is 1.19 bits per heavy atom. The second-order valence-electron chi connectivity index (χ2n) is 4.40. The summed E-state index contributed by atoms with van der Waals surface area (Å²) >= 11 is 5.83. The second-order valence-corrected chi connectivity index (χ2v) is 4.77. The molecule has 1 rings (SSSR count). The van der Waals surface area contributed by atoms with E-state index < -0.39 is 0 Å². The molecule has 0 spiro atoms. The number of rotatable bonds is 6. The van der Waals surface area contributed by atoms with Gasteiger partial charge in [-0.1, -0.05) is 30.7 Å². The van der Waals surface area contributed by atoms with Crippen molar-refractivity contribution < 1.29 is 0 Å². The Hall–Kier alpha value is -0.530. The SMILES string of the molecule is CCCN(CCCl)Cc1cc(C)ccc1C. The molecule has 0 saturated carbocycles. The summed E-state index contributed by atoms with van der Waals surface area (Å²) in [5, 5.41) is 0. The van der Waals surface area contributed by atoms with Crippen molar-refractivity contribution in [2.24, 2.45) is 0 Å². The summed E-state index contributed by atoms with van der Waals surface area (Å²) in [5.41, 5.74) is 4.14. The van der Waals surface area contributed by atoms with E-state index >= 15 is 0 Å². The van der Waals surface area contributed by atoms with Crippen LogP contribution in [0, 0.1) is 13.8 Å². The van der Waals surface area contributed by atoms with E-state index in [1.165, 1.54) is 23.1 Å². The molecule has 0 aliphatic rings. The Labute approximate surface area is 104 Å². The Balaban J connectivity index is 2.71. The monoisotopic (exact) mass is 239 g/mol. The van der Waals surface area contributed by atoms with E-state index in [0.29, 0.717) is 5.88 Å². The van der Waals surface area contributed by atoms with Crippen molar-refractivity contribution in [2.45, 2.75) is 33.7 Å². The average molecular weight is 240 g/mol. The summed E-state index contributed by atoms with van der Waals surface area (Å²) in [6, 6.07) is 6.66. The van der Waals surface area contributed by atoms with Gasteiger partial charge in [-0.05, 0) is 37.9 Å². The molecule has 1 nitrogen and oxygen atoms in total. The van der Waals surface area contributed by atoms with Crippen LogP contribution in [0.15, 0.2) is 18.2 Å². The van der Waals surface area contributed by atoms with Gasteiger partial charge in [-0.25, -0.2) is 0 Å². The van der Waals surface area contributed by atoms with Crippen LogP contribution in [0.3, 0.4) is 0 Å². The standard InChI is InChI=1S/C14H22ClN/c1-4-8-16(9-7-15)11-14-10-12(2)5-6-13(14)3/h5-6,10H,4,7-9,11H2,1-3H3. The summed E-state index contributed by atoms with van der Waals surface area (Å²) < 4.78 is 0. The van der Waals surface area contributed by atoms with Gasteiger partial charge >= 0.3 is 0 Å². The number of nitrogens with zero attached hydrogens (tertiary/aromatic N) is 1. The average Bonchev–Trinajstić information content (AvgIpc) is 2.24. The van der Waals surface area contributed by atoms with Gasteiger partial charge in [-0.15, -0.1) is 11.6 Å². The summed E-state index contributed by atoms with van der Waals surface area (Å²) in [5.74, 6) is 0.713. The van der Waals surface area contributed by atoms with Crippen molar-refractivity contribution in [1.29, 1.82) is 0 Å². The van der Waals surface area contributed by atoms with Crippen LogP contribution in [0.1, 0.15) is 30.0 Å². The molecule has 0 aromatic heterocycles. The fourth-order valence-electron chi connectivity index (χ4n) is 1.92. The summed E-state index contributed by atoms with van der Waals surface area (Å²) in [6.45, 7) is 9.66. The first-order chi connectivity index (χ1) is 7.67. The van der Waals surface area contributed by atoms with Gasteiger partial charge in [0, 0.05) is 19.0 Å². The van der Waals surface area contributed by atoms with E-state index in [4.69, 9.17) is 11.6 Å². The van der Waals surface area contributed by atoms with Crippen LogP contribution in [-0.4, -0.2) is 23.9 Å². The first-order valence-corrected chi connectivity index (χ1v) is 6.55. The van der Waals surface area contributed by atoms with Gasteiger partial charge in [-0.2, -0.15) is 0 Å². The van der Waals surface area contributed by atoms with Crippen LogP contribution < -0.4 is 0 Å². The summed E-state index contributed by atoms with van der Waals surface area (Å²) in [4.78, 5) is 2.43. The van der Waals surface area contributed by atoms with Crippen molar-refractivity contribution in [1.82, 2.24) is 4.90 Å². The zero-order chi connectivity index (χ0) is 12.0. The lowest BCUT2D eigenvalue weighted by molar-refractivity contribution is 0.282. The lowest BCUT2D eigenvalue weighted by atomic mass is 10.1. The lowest BCUT2D eigenvalue weighted by Gasteiger charge is -2.21. The highest BCUT2D eigenvalue weighted by atomic mass is 35.5. The molecule has 0 bridgehead atoms. The molecule has 0 N–H and O–H groups in total. The third-order valence-electron chi connectivity index (χ3n) is 2.84. The van der Waals surface area contributed by atoms with E-state index in [1.54, 1.807) is 0 Å². The fourth-order valence-corrected chi connectivity index (χ4v) is 2.16. The minimum atomic E-state index is 0.713. The Kier molecular flexibility index (Phi) is 5.86. The third kappa shape index (κ3) is 4.15. The Bertz CT molecular complexity index is 317. The normalized spacial score (nSPS) is 11.1. The van der Waals surface area contributed by atoms with Gasteiger partial charge in [0.05, 0.1) is 0 Å². The topological polar surface area (TPSA) is 3.24 Å². The molecule has 0 radical (unpaired) electrons. The molecule has 1 aromatic carbocycles. The second kappa shape index (κ2) is 6.93. The van der Waals surface area contributed by atoms with Crippen LogP contribution in [0.4, 0.5) is 0 Å². The molecule has 90 valence electrons. The smallest absolute Gasteiger partial charge is 0.0351 e. The lowest BCUT2D eigenvalue weighted by Crippen LogP contribution is -2.26. The molecule has 0 saturated heterocycles. The van der Waals surface area contributed by atoms with Gasteiger partial charge in [0.1, 0.15) is 0 Å². The minimum absolute atomic E-state index is 0.713. The predicted octanol–water partition coefficient (Wildman–Crippen LogP) is 3.75. The minimum Gasteiger partial charge on any atom is -0.298 e. The highest BCUT2D eigenvalue weighted by Crippen LogP contribution is 2.13. The van der Waals surface area contributed by atoms with Gasteiger partial charge in [0.2, 0.25) is 0 Å². The maximum atomic E-state index is 5.83. The van der Waals surface area contributed by atoms with Crippen LogP contribution in [0.2, 0.25) is 0 Å². The zero-order valence-corrected chi connectivity index (χ0v) is 11.3. The molecule has 0 fully saturated rings. The Morgan fingerprint density at radius 3 is 2.56 bits per heavy atom. The van der Waals surface area contributed by atoms with Crippen molar-refractivity contribution in [3.05, 3.63) is 34.9 Å². The molecule has 1 aromatic rings. The highest BCUT2D eigenvalue weighted by molar-refractivity contribution is 6.18. The van der Waals surface area contributed by atoms with Crippen LogP contribution in [0.5, 0.6) is 0 Å². The first kappa shape index (κ1) is 13.5. The molecule has 0 heterocycles. The summed E-state index contributed by atoms with van der Waals surface area (Å²) in [7, 11) is 0. The highest BCUT2D eigenvalue weighted by Gasteiger charge is 2.06. The molecule has 0 unspecified atom stereocenters. The number of hydrogen-bond acceptors (Lipinski definition) is 1. The van der Waals surface area contributed by atoms with E-state index in [2.05, 4.69) is 43.9 Å². The number of alkyl halides is 1. The van der Waals surface area contributed by atoms with Crippen LogP contribution in [0.25, 0.3) is 0 Å². The number of benzene rings is 1. The predicted molar refractivity (Wildman–Crippen MR) is 72.2 cm³/mol. The molecular weight excluding hydrogens is 218 g/mol. The maximum absolute atomic E-state index is 5.83. The number of hydrogen-bond donors (Lipinski definition) is 0. The largest absolute Gasteiger partial charge is 0.298 e. The number of halogens is 1. The van der Waals surface area contributed by atoms with Crippen molar-refractivity contribution in [2.75, 3.05) is 19.0 Å². The Morgan fingerprint density at radius 2 is 1.94 bits per heavy atom. The van der Waals surface area contributed by atoms with Crippen molar-refractivity contribution >= 4 is 11.6 Å². The zero-order valence-electron chi connectivity index (χ0n) is 10.6. The molecule has 0 amide bonds. The molecule has 16 heavy (non-hydrogen) atoms. The van der Waals surface area contributed by atoms with Crippen LogP contribution >= 0.6 is 11.6 Å². The van der Waals surface area contributed by atoms with Gasteiger partial charge in [-0.3, -0.25) is 4.90 Å². The van der Waals surface area contributed by atoms with E-state index in [1.807, 2.05) is 0 Å². The fraction of sp³-hybridized carbons (Fsp3) is 0.571. The molecule has 0 aliphatic heterocycles. The van der Waals surface area contributed by atoms with Gasteiger partial charge < -0.3 is 0 Å². The van der Waals surface area contributed by atoms with Gasteiger partial charge in [0.25, 0.3) is 0 Å². The molecular formula is C14H22ClN. The third-order valence-corrected chi connectivity index (χ3v) is 3.01.